The van der Waals surface area contributed by atoms with Gasteiger partial charge < -0.3 is 5.32 Å². The SMILES string of the molecule is O=C(C[C@H]1SC(=NS(=O)(=O)c2ccc(Br)cc2)N(C2CCCCC2)C1=O)Nc1ccc(F)cc1. The summed E-state index contributed by atoms with van der Waals surface area (Å²) in [6, 6.07) is 11.3. The van der Waals surface area contributed by atoms with Crippen LogP contribution in [-0.2, 0) is 19.6 Å². The number of nitrogens with one attached hydrogen (secondary N) is 1. The van der Waals surface area contributed by atoms with Crippen LogP contribution in [0.25, 0.3) is 0 Å². The van der Waals surface area contributed by atoms with Gasteiger partial charge in [-0.2, -0.15) is 8.42 Å². The molecule has 180 valence electrons. The van der Waals surface area contributed by atoms with Crippen molar-refractivity contribution in [2.75, 3.05) is 5.32 Å². The summed E-state index contributed by atoms with van der Waals surface area (Å²) in [5.74, 6) is -1.15. The predicted octanol–water partition coefficient (Wildman–Crippen LogP) is 4.94. The summed E-state index contributed by atoms with van der Waals surface area (Å²) in [4.78, 5) is 27.4. The molecule has 0 spiro atoms. The van der Waals surface area contributed by atoms with Crippen molar-refractivity contribution < 1.29 is 22.4 Å². The van der Waals surface area contributed by atoms with Crippen molar-refractivity contribution in [3.8, 4) is 0 Å². The zero-order valence-electron chi connectivity index (χ0n) is 18.1. The Bertz CT molecular complexity index is 1200. The van der Waals surface area contributed by atoms with Gasteiger partial charge >= 0.3 is 0 Å². The van der Waals surface area contributed by atoms with Crippen molar-refractivity contribution in [1.29, 1.82) is 0 Å². The third-order valence-corrected chi connectivity index (χ3v) is 8.79. The molecule has 1 saturated carbocycles. The normalized spacial score (nSPS) is 20.6. The quantitative estimate of drug-likeness (QED) is 0.533. The summed E-state index contributed by atoms with van der Waals surface area (Å²) in [6.45, 7) is 0. The van der Waals surface area contributed by atoms with Crippen LogP contribution in [0.2, 0.25) is 0 Å². The van der Waals surface area contributed by atoms with Gasteiger partial charge in [0, 0.05) is 22.6 Å². The van der Waals surface area contributed by atoms with Gasteiger partial charge in [-0.3, -0.25) is 14.5 Å². The largest absolute Gasteiger partial charge is 0.326 e. The van der Waals surface area contributed by atoms with Crippen LogP contribution in [0.3, 0.4) is 0 Å². The first-order valence-electron chi connectivity index (χ1n) is 10.9. The van der Waals surface area contributed by atoms with Gasteiger partial charge in [0.1, 0.15) is 11.1 Å². The van der Waals surface area contributed by atoms with Gasteiger partial charge in [-0.15, -0.1) is 4.40 Å². The molecule has 11 heteroatoms. The van der Waals surface area contributed by atoms with Gasteiger partial charge in [-0.1, -0.05) is 47.0 Å². The lowest BCUT2D eigenvalue weighted by Crippen LogP contribution is -2.42. The van der Waals surface area contributed by atoms with Crippen molar-refractivity contribution in [2.24, 2.45) is 4.40 Å². The molecule has 1 saturated heterocycles. The molecule has 0 unspecified atom stereocenters. The van der Waals surface area contributed by atoms with Crippen molar-refractivity contribution in [3.05, 3.63) is 58.8 Å². The van der Waals surface area contributed by atoms with E-state index in [1.54, 1.807) is 12.1 Å². The molecule has 2 aliphatic rings. The number of nitrogens with zero attached hydrogens (tertiary/aromatic N) is 2. The average molecular weight is 568 g/mol. The lowest BCUT2D eigenvalue weighted by Gasteiger charge is -2.30. The van der Waals surface area contributed by atoms with Crippen molar-refractivity contribution in [3.63, 3.8) is 0 Å². The first-order chi connectivity index (χ1) is 16.2. The summed E-state index contributed by atoms with van der Waals surface area (Å²) >= 11 is 4.29. The topological polar surface area (TPSA) is 95.9 Å². The minimum Gasteiger partial charge on any atom is -0.326 e. The molecule has 34 heavy (non-hydrogen) atoms. The zero-order valence-corrected chi connectivity index (χ0v) is 21.3. The first-order valence-corrected chi connectivity index (χ1v) is 14.0. The Morgan fingerprint density at radius 2 is 1.74 bits per heavy atom. The van der Waals surface area contributed by atoms with Crippen LogP contribution < -0.4 is 5.32 Å². The number of carbonyl (C=O) groups excluding carboxylic acids is 2. The van der Waals surface area contributed by atoms with Crippen LogP contribution in [0.5, 0.6) is 0 Å². The van der Waals surface area contributed by atoms with Crippen molar-refractivity contribution >= 4 is 60.4 Å². The Morgan fingerprint density at radius 3 is 2.38 bits per heavy atom. The molecule has 4 rings (SSSR count). The third kappa shape index (κ3) is 5.87. The van der Waals surface area contributed by atoms with E-state index in [0.29, 0.717) is 5.69 Å². The summed E-state index contributed by atoms with van der Waals surface area (Å²) in [6.07, 6.45) is 4.33. The van der Waals surface area contributed by atoms with E-state index >= 15 is 0 Å². The number of carbonyl (C=O) groups is 2. The van der Waals surface area contributed by atoms with Gasteiger partial charge in [0.2, 0.25) is 11.8 Å². The summed E-state index contributed by atoms with van der Waals surface area (Å²) in [5.41, 5.74) is 0.415. The number of rotatable bonds is 6. The Hall–Kier alpha value is -2.24. The van der Waals surface area contributed by atoms with E-state index in [2.05, 4.69) is 25.6 Å². The summed E-state index contributed by atoms with van der Waals surface area (Å²) in [7, 11) is -4.04. The van der Waals surface area contributed by atoms with E-state index in [4.69, 9.17) is 0 Å². The second kappa shape index (κ2) is 10.6. The summed E-state index contributed by atoms with van der Waals surface area (Å²) < 4.78 is 43.8. The molecular formula is C23H23BrFN3O4S2. The van der Waals surface area contributed by atoms with E-state index in [1.807, 2.05) is 0 Å². The average Bonchev–Trinajstić information content (AvgIpc) is 3.10. The van der Waals surface area contributed by atoms with Gasteiger partial charge in [-0.05, 0) is 61.4 Å². The van der Waals surface area contributed by atoms with E-state index in [9.17, 15) is 22.4 Å². The fourth-order valence-electron chi connectivity index (χ4n) is 4.03. The number of thioether (sulfide) groups is 1. The molecule has 2 aromatic carbocycles. The lowest BCUT2D eigenvalue weighted by atomic mass is 9.94. The molecule has 2 fully saturated rings. The number of halogens is 2. The number of anilines is 1. The third-order valence-electron chi connectivity index (χ3n) is 5.72. The van der Waals surface area contributed by atoms with Crippen LogP contribution in [0, 0.1) is 5.82 Å². The number of amides is 2. The fourth-order valence-corrected chi connectivity index (χ4v) is 6.70. The van der Waals surface area contributed by atoms with E-state index in [0.717, 1.165) is 48.3 Å². The monoisotopic (exact) mass is 567 g/mol. The van der Waals surface area contributed by atoms with E-state index in [1.165, 1.54) is 41.3 Å². The maximum absolute atomic E-state index is 13.3. The van der Waals surface area contributed by atoms with E-state index in [-0.39, 0.29) is 28.4 Å². The maximum atomic E-state index is 13.3. The Kier molecular flexibility index (Phi) is 7.73. The van der Waals surface area contributed by atoms with Crippen LogP contribution in [0.4, 0.5) is 10.1 Å². The highest BCUT2D eigenvalue weighted by molar-refractivity contribution is 9.10. The van der Waals surface area contributed by atoms with Gasteiger partial charge in [0.25, 0.3) is 10.0 Å². The number of amidine groups is 1. The minimum absolute atomic E-state index is 0.0253. The van der Waals surface area contributed by atoms with Gasteiger partial charge in [0.05, 0.1) is 4.90 Å². The molecule has 7 nitrogen and oxygen atoms in total. The molecule has 1 aliphatic carbocycles. The number of hydrogen-bond donors (Lipinski definition) is 1. The molecule has 2 aromatic rings. The lowest BCUT2D eigenvalue weighted by molar-refractivity contribution is -0.130. The number of sulfonamides is 1. The highest BCUT2D eigenvalue weighted by atomic mass is 79.9. The van der Waals surface area contributed by atoms with Gasteiger partial charge in [0.15, 0.2) is 5.17 Å². The first kappa shape index (κ1) is 24.9. The molecule has 1 atom stereocenters. The number of benzene rings is 2. The standard InChI is InChI=1S/C23H23BrFN3O4S2/c24-15-6-12-19(13-7-15)34(31,32)27-23-28(18-4-2-1-3-5-18)22(30)20(33-23)14-21(29)26-17-10-8-16(25)9-11-17/h6-13,18,20H,1-5,14H2,(H,26,29)/t20-/m1/s1. The Balaban J connectivity index is 1.57. The van der Waals surface area contributed by atoms with Crippen molar-refractivity contribution in [2.45, 2.75) is 54.7 Å². The number of hydrogen-bond acceptors (Lipinski definition) is 5. The van der Waals surface area contributed by atoms with E-state index < -0.39 is 27.0 Å². The molecule has 2 amide bonds. The molecule has 1 aliphatic heterocycles. The highest BCUT2D eigenvalue weighted by Gasteiger charge is 2.43. The Morgan fingerprint density at radius 1 is 1.09 bits per heavy atom. The molecular weight excluding hydrogens is 545 g/mol. The van der Waals surface area contributed by atoms with Crippen LogP contribution >= 0.6 is 27.7 Å². The second-order valence-corrected chi connectivity index (χ2v) is 11.9. The van der Waals surface area contributed by atoms with Crippen LogP contribution in [0.15, 0.2) is 62.3 Å². The van der Waals surface area contributed by atoms with Crippen molar-refractivity contribution in [1.82, 2.24) is 4.90 Å². The minimum atomic E-state index is -4.04. The Labute approximate surface area is 210 Å². The zero-order chi connectivity index (χ0) is 24.3. The predicted molar refractivity (Wildman–Crippen MR) is 134 cm³/mol. The molecule has 0 aromatic heterocycles. The highest BCUT2D eigenvalue weighted by Crippen LogP contribution is 2.36. The van der Waals surface area contributed by atoms with Crippen LogP contribution in [0.1, 0.15) is 38.5 Å². The van der Waals surface area contributed by atoms with Crippen LogP contribution in [-0.4, -0.2) is 41.6 Å². The van der Waals surface area contributed by atoms with Gasteiger partial charge in [-0.25, -0.2) is 4.39 Å². The second-order valence-electron chi connectivity index (χ2n) is 8.17. The molecule has 1 heterocycles. The fraction of sp³-hybridized carbons (Fsp3) is 0.348. The summed E-state index contributed by atoms with van der Waals surface area (Å²) in [5, 5.41) is 1.97. The molecule has 0 bridgehead atoms. The molecule has 1 N–H and O–H groups in total. The maximum Gasteiger partial charge on any atom is 0.284 e. The molecule has 0 radical (unpaired) electrons. The smallest absolute Gasteiger partial charge is 0.284 e.